The molecule has 1 aromatic rings. The first kappa shape index (κ1) is 20.2. The molecule has 28 heavy (non-hydrogen) atoms. The first-order valence-electron chi connectivity index (χ1n) is 8.50. The number of rotatable bonds is 5. The van der Waals surface area contributed by atoms with E-state index < -0.39 is 70.7 Å². The first-order valence-corrected chi connectivity index (χ1v) is 8.50. The normalized spacial score (nSPS) is 22.3. The summed E-state index contributed by atoms with van der Waals surface area (Å²) in [6.07, 6.45) is -2.07. The molecule has 0 spiro atoms. The lowest BCUT2D eigenvalue weighted by Crippen LogP contribution is -2.44. The van der Waals surface area contributed by atoms with Crippen molar-refractivity contribution in [1.82, 2.24) is 5.32 Å². The van der Waals surface area contributed by atoms with Gasteiger partial charge in [-0.25, -0.2) is 0 Å². The van der Waals surface area contributed by atoms with E-state index in [1.807, 2.05) is 5.32 Å². The monoisotopic (exact) mass is 403 g/mol. The Morgan fingerprint density at radius 3 is 2.07 bits per heavy atom. The van der Waals surface area contributed by atoms with Crippen molar-refractivity contribution in [3.63, 3.8) is 0 Å². The maximum absolute atomic E-state index is 11.6. The number of hydrogen-bond acceptors (Lipinski definition) is 11. The van der Waals surface area contributed by atoms with Gasteiger partial charge in [-0.3, -0.25) is 4.79 Å². The Kier molecular flexibility index (Phi) is 4.93. The Bertz CT molecular complexity index is 780. The highest BCUT2D eigenvalue weighted by molar-refractivity contribution is 5.82. The molecular formula is C16H21NO11. The van der Waals surface area contributed by atoms with Crippen molar-refractivity contribution in [2.24, 2.45) is 0 Å². The van der Waals surface area contributed by atoms with Crippen LogP contribution in [0.25, 0.3) is 0 Å². The molecule has 1 saturated carbocycles. The Hall–Kier alpha value is -2.51. The van der Waals surface area contributed by atoms with Gasteiger partial charge in [-0.1, -0.05) is 0 Å². The molecule has 12 heteroatoms. The third-order valence-electron chi connectivity index (χ3n) is 4.74. The Morgan fingerprint density at radius 2 is 1.57 bits per heavy atom. The zero-order valence-corrected chi connectivity index (χ0v) is 14.5. The number of nitrogens with one attached hydrogen (secondary N) is 1. The van der Waals surface area contributed by atoms with Crippen LogP contribution in [0, 0.1) is 0 Å². The van der Waals surface area contributed by atoms with E-state index in [0.717, 1.165) is 12.8 Å². The first-order chi connectivity index (χ1) is 12.9. The van der Waals surface area contributed by atoms with Crippen molar-refractivity contribution >= 4 is 5.91 Å². The van der Waals surface area contributed by atoms with E-state index in [-0.39, 0.29) is 0 Å². The number of aromatic hydroxyl groups is 3. The van der Waals surface area contributed by atoms with E-state index in [2.05, 4.69) is 4.74 Å². The summed E-state index contributed by atoms with van der Waals surface area (Å²) < 4.78 is 9.96. The number of amides is 1. The lowest BCUT2D eigenvalue weighted by molar-refractivity contribution is -0.420. The number of phenols is 3. The molecule has 1 amide bonds. The lowest BCUT2D eigenvalue weighted by Gasteiger charge is -2.28. The van der Waals surface area contributed by atoms with Crippen LogP contribution in [-0.4, -0.2) is 64.9 Å². The van der Waals surface area contributed by atoms with Gasteiger partial charge >= 0.3 is 6.16 Å². The smallest absolute Gasteiger partial charge is 0.453 e. The van der Waals surface area contributed by atoms with E-state index in [1.165, 1.54) is 0 Å². The molecule has 0 aromatic heterocycles. The van der Waals surface area contributed by atoms with Gasteiger partial charge in [-0.15, -0.1) is 0 Å². The van der Waals surface area contributed by atoms with Crippen LogP contribution in [0.4, 0.5) is 0 Å². The van der Waals surface area contributed by atoms with E-state index in [9.17, 15) is 30.3 Å². The van der Waals surface area contributed by atoms with Gasteiger partial charge in [0, 0.05) is 6.42 Å². The predicted octanol–water partition coefficient (Wildman–Crippen LogP) is -1.67. The highest BCUT2D eigenvalue weighted by atomic mass is 16.9. The van der Waals surface area contributed by atoms with Gasteiger partial charge in [0.15, 0.2) is 11.5 Å². The molecule has 2 aliphatic rings. The summed E-state index contributed by atoms with van der Waals surface area (Å²) in [6, 6.07) is 0. The highest BCUT2D eigenvalue weighted by Gasteiger charge is 2.49. The minimum absolute atomic E-state index is 0.466. The maximum atomic E-state index is 11.6. The molecular weight excluding hydrogens is 382 g/mol. The summed E-state index contributed by atoms with van der Waals surface area (Å²) in [4.78, 5) is 11.6. The summed E-state index contributed by atoms with van der Waals surface area (Å²) in [7, 11) is 0. The second kappa shape index (κ2) is 6.83. The third kappa shape index (κ3) is 3.72. The number of carbonyl (C=O) groups excluding carboxylic acids is 1. The summed E-state index contributed by atoms with van der Waals surface area (Å²) in [6.45, 7) is 0. The Labute approximate surface area is 157 Å². The molecule has 9 N–H and O–H groups in total. The molecule has 0 radical (unpaired) electrons. The van der Waals surface area contributed by atoms with E-state index in [4.69, 9.17) is 20.1 Å². The molecule has 1 unspecified atom stereocenters. The number of hydrogen-bond donors (Lipinski definition) is 9. The van der Waals surface area contributed by atoms with Crippen molar-refractivity contribution in [3.05, 3.63) is 5.56 Å². The average Bonchev–Trinajstić information content (AvgIpc) is 3.15. The van der Waals surface area contributed by atoms with E-state index >= 15 is 0 Å². The number of carbonyl (C=O) groups is 1. The molecule has 1 aliphatic carbocycles. The molecule has 1 aliphatic heterocycles. The molecule has 1 aromatic carbocycles. The summed E-state index contributed by atoms with van der Waals surface area (Å²) in [5.74, 6) is -10.2. The zero-order chi connectivity index (χ0) is 20.9. The molecule has 156 valence electrons. The van der Waals surface area contributed by atoms with Gasteiger partial charge in [0.2, 0.25) is 23.2 Å². The SMILES string of the molecule is O=C1CC(c2c(O)c(O)c(OC(O)(O)O)c(OC3CCCC3)c2O)C(O)(O)N1. The standard InChI is InChI=1S/C16H21NO11/c18-8-5-7(15(22,23)17-8)9-10(19)12(21)14(28-16(24,25)26)13(11(9)20)27-6-3-1-2-4-6/h6-7,19-26H,1-5H2,(H,17,18). The van der Waals surface area contributed by atoms with Gasteiger partial charge in [-0.05, 0) is 25.7 Å². The van der Waals surface area contributed by atoms with Crippen LogP contribution in [0.5, 0.6) is 28.7 Å². The second-order valence-corrected chi connectivity index (χ2v) is 6.85. The van der Waals surface area contributed by atoms with E-state index in [1.54, 1.807) is 0 Å². The van der Waals surface area contributed by atoms with Gasteiger partial charge < -0.3 is 55.6 Å². The van der Waals surface area contributed by atoms with Crippen LogP contribution in [0.3, 0.4) is 0 Å². The Balaban J connectivity index is 2.16. The second-order valence-electron chi connectivity index (χ2n) is 6.85. The molecule has 3 rings (SSSR count). The van der Waals surface area contributed by atoms with Gasteiger partial charge in [0.1, 0.15) is 0 Å². The molecule has 0 bridgehead atoms. The average molecular weight is 403 g/mol. The number of aliphatic hydroxyl groups is 5. The predicted molar refractivity (Wildman–Crippen MR) is 87.0 cm³/mol. The maximum Gasteiger partial charge on any atom is 0.453 e. The van der Waals surface area contributed by atoms with Crippen LogP contribution < -0.4 is 14.8 Å². The minimum Gasteiger partial charge on any atom is -0.504 e. The largest absolute Gasteiger partial charge is 0.504 e. The number of benzene rings is 1. The van der Waals surface area contributed by atoms with Gasteiger partial charge in [-0.2, -0.15) is 0 Å². The summed E-state index contributed by atoms with van der Waals surface area (Å²) >= 11 is 0. The molecule has 1 saturated heterocycles. The third-order valence-corrected chi connectivity index (χ3v) is 4.74. The fraction of sp³-hybridized carbons (Fsp3) is 0.562. The topological polar surface area (TPSA) is 209 Å². The number of phenolic OH excluding ortho intramolecular Hbond substituents is 3. The van der Waals surface area contributed by atoms with Crippen molar-refractivity contribution in [3.8, 4) is 28.7 Å². The minimum atomic E-state index is -3.78. The van der Waals surface area contributed by atoms with Crippen LogP contribution in [0.1, 0.15) is 43.6 Å². The summed E-state index contributed by atoms with van der Waals surface area (Å²) in [5, 5.41) is 80.2. The van der Waals surface area contributed by atoms with Crippen molar-refractivity contribution in [1.29, 1.82) is 0 Å². The van der Waals surface area contributed by atoms with Gasteiger partial charge in [0.05, 0.1) is 17.6 Å². The molecule has 2 fully saturated rings. The summed E-state index contributed by atoms with van der Waals surface area (Å²) in [5.41, 5.74) is -0.638. The van der Waals surface area contributed by atoms with Crippen LogP contribution in [-0.2, 0) is 4.79 Å². The van der Waals surface area contributed by atoms with Crippen LogP contribution in [0.2, 0.25) is 0 Å². The quantitative estimate of drug-likeness (QED) is 0.154. The van der Waals surface area contributed by atoms with Crippen molar-refractivity contribution < 1.29 is 55.1 Å². The van der Waals surface area contributed by atoms with Crippen molar-refractivity contribution in [2.45, 2.75) is 56.2 Å². The lowest BCUT2D eigenvalue weighted by atomic mass is 9.92. The molecule has 1 heterocycles. The van der Waals surface area contributed by atoms with Gasteiger partial charge in [0.25, 0.3) is 5.91 Å². The highest BCUT2D eigenvalue weighted by Crippen LogP contribution is 2.57. The molecule has 1 atom stereocenters. The fourth-order valence-corrected chi connectivity index (χ4v) is 3.50. The van der Waals surface area contributed by atoms with Crippen LogP contribution in [0.15, 0.2) is 0 Å². The van der Waals surface area contributed by atoms with E-state index in [0.29, 0.717) is 12.8 Å². The molecule has 12 nitrogen and oxygen atoms in total. The Morgan fingerprint density at radius 1 is 0.964 bits per heavy atom. The van der Waals surface area contributed by atoms with Crippen LogP contribution >= 0.6 is 0 Å². The zero-order valence-electron chi connectivity index (χ0n) is 14.5. The fourth-order valence-electron chi connectivity index (χ4n) is 3.50. The van der Waals surface area contributed by atoms with Crippen molar-refractivity contribution in [2.75, 3.05) is 0 Å². The number of ether oxygens (including phenoxy) is 2.